The van der Waals surface area contributed by atoms with Crippen molar-refractivity contribution in [3.05, 3.63) is 12.3 Å². The van der Waals surface area contributed by atoms with Crippen LogP contribution in [0.2, 0.25) is 0 Å². The van der Waals surface area contributed by atoms with Gasteiger partial charge in [0.05, 0.1) is 5.76 Å². The molecule has 0 aliphatic rings. The maximum Gasteiger partial charge on any atom is 0.0912 e. The molecule has 0 aliphatic carbocycles. The Hall–Kier alpha value is -0.460. The number of hydrogen-bond donors (Lipinski definition) is 1. The molecule has 0 rings (SSSR count). The first-order valence-electron chi connectivity index (χ1n) is 3.58. The van der Waals surface area contributed by atoms with E-state index >= 15 is 0 Å². The van der Waals surface area contributed by atoms with Gasteiger partial charge in [0.25, 0.3) is 0 Å². The quantitative estimate of drug-likeness (QED) is 0.558. The molecule has 0 unspecified atom stereocenters. The summed E-state index contributed by atoms with van der Waals surface area (Å²) in [6.45, 7) is 13.8. The van der Waals surface area contributed by atoms with Crippen molar-refractivity contribution in [3.8, 4) is 0 Å². The zero-order chi connectivity index (χ0) is 8.58. The Balaban J connectivity index is 4.57. The van der Waals surface area contributed by atoms with Gasteiger partial charge in [0.1, 0.15) is 0 Å². The zero-order valence-electron chi connectivity index (χ0n) is 7.65. The predicted molar refractivity (Wildman–Crippen MR) is 45.0 cm³/mol. The van der Waals surface area contributed by atoms with Crippen LogP contribution in [0.5, 0.6) is 0 Å². The van der Waals surface area contributed by atoms with Gasteiger partial charge in [-0.15, -0.1) is 0 Å². The summed E-state index contributed by atoms with van der Waals surface area (Å²) in [6.07, 6.45) is 0. The van der Waals surface area contributed by atoms with E-state index in [1.54, 1.807) is 0 Å². The van der Waals surface area contributed by atoms with Crippen LogP contribution in [0.4, 0.5) is 0 Å². The summed E-state index contributed by atoms with van der Waals surface area (Å²) < 4.78 is 0. The fourth-order valence-corrected chi connectivity index (χ4v) is 0.433. The Bertz CT molecular complexity index is 137. The molecular weight excluding hydrogens is 124 g/mol. The largest absolute Gasteiger partial charge is 0.512 e. The van der Waals surface area contributed by atoms with Gasteiger partial charge < -0.3 is 5.11 Å². The molecule has 0 aromatic rings. The summed E-state index contributed by atoms with van der Waals surface area (Å²) in [4.78, 5) is 0. The summed E-state index contributed by atoms with van der Waals surface area (Å²) in [5, 5.41) is 9.22. The van der Waals surface area contributed by atoms with Gasteiger partial charge >= 0.3 is 0 Å². The van der Waals surface area contributed by atoms with E-state index in [4.69, 9.17) is 0 Å². The van der Waals surface area contributed by atoms with Crippen LogP contribution in [0.3, 0.4) is 0 Å². The SMILES string of the molecule is C=C(O)C(C)(C)C(C)(C)C. The molecule has 0 aliphatic heterocycles. The lowest BCUT2D eigenvalue weighted by atomic mass is 9.68. The summed E-state index contributed by atoms with van der Waals surface area (Å²) in [5.74, 6) is 0.264. The highest BCUT2D eigenvalue weighted by atomic mass is 16.3. The number of rotatable bonds is 1. The Morgan fingerprint density at radius 3 is 1.40 bits per heavy atom. The summed E-state index contributed by atoms with van der Waals surface area (Å²) in [6, 6.07) is 0. The van der Waals surface area contributed by atoms with Gasteiger partial charge in [0.15, 0.2) is 0 Å². The summed E-state index contributed by atoms with van der Waals surface area (Å²) in [5.41, 5.74) is -0.133. The number of allylic oxidation sites excluding steroid dienone is 1. The number of hydrogen-bond acceptors (Lipinski definition) is 1. The number of aliphatic hydroxyl groups is 1. The van der Waals surface area contributed by atoms with Crippen LogP contribution in [0.25, 0.3) is 0 Å². The van der Waals surface area contributed by atoms with Crippen molar-refractivity contribution < 1.29 is 5.11 Å². The van der Waals surface area contributed by atoms with E-state index in [1.165, 1.54) is 0 Å². The first-order valence-corrected chi connectivity index (χ1v) is 3.58. The maximum atomic E-state index is 9.22. The first kappa shape index (κ1) is 9.54. The second-order valence-electron chi connectivity index (χ2n) is 4.32. The van der Waals surface area contributed by atoms with Gasteiger partial charge in [-0.25, -0.2) is 0 Å². The average Bonchev–Trinajstić information content (AvgIpc) is 1.62. The minimum Gasteiger partial charge on any atom is -0.512 e. The molecule has 0 saturated heterocycles. The molecule has 1 heteroatoms. The molecule has 0 fully saturated rings. The molecule has 0 heterocycles. The standard InChI is InChI=1S/C9H18O/c1-7(10)9(5,6)8(2,3)4/h10H,1H2,2-6H3. The third-order valence-electron chi connectivity index (χ3n) is 2.60. The Labute approximate surface area is 63.8 Å². The van der Waals surface area contributed by atoms with Gasteiger partial charge in [-0.05, 0) is 5.41 Å². The van der Waals surface area contributed by atoms with Crippen molar-refractivity contribution in [1.29, 1.82) is 0 Å². The molecule has 0 bridgehead atoms. The maximum absolute atomic E-state index is 9.22. The van der Waals surface area contributed by atoms with Gasteiger partial charge in [0, 0.05) is 5.41 Å². The third-order valence-corrected chi connectivity index (χ3v) is 2.60. The summed E-state index contributed by atoms with van der Waals surface area (Å²) >= 11 is 0. The van der Waals surface area contributed by atoms with Crippen molar-refractivity contribution in [2.24, 2.45) is 10.8 Å². The second-order valence-corrected chi connectivity index (χ2v) is 4.32. The minimum absolute atomic E-state index is 0.0683. The van der Waals surface area contributed by atoms with E-state index in [2.05, 4.69) is 27.4 Å². The highest BCUT2D eigenvalue weighted by Gasteiger charge is 2.35. The normalized spacial score (nSPS) is 13.3. The van der Waals surface area contributed by atoms with Gasteiger partial charge in [-0.2, -0.15) is 0 Å². The molecular formula is C9H18O. The van der Waals surface area contributed by atoms with Crippen molar-refractivity contribution in [2.75, 3.05) is 0 Å². The van der Waals surface area contributed by atoms with E-state index in [1.807, 2.05) is 13.8 Å². The average molecular weight is 142 g/mol. The molecule has 1 N–H and O–H groups in total. The monoisotopic (exact) mass is 142 g/mol. The van der Waals surface area contributed by atoms with Crippen LogP contribution in [-0.2, 0) is 0 Å². The Morgan fingerprint density at radius 1 is 1.10 bits per heavy atom. The molecule has 60 valence electrons. The molecule has 0 spiro atoms. The fourth-order valence-electron chi connectivity index (χ4n) is 0.433. The Morgan fingerprint density at radius 2 is 1.40 bits per heavy atom. The van der Waals surface area contributed by atoms with Gasteiger partial charge in [-0.1, -0.05) is 41.2 Å². The molecule has 0 amide bonds. The van der Waals surface area contributed by atoms with E-state index < -0.39 is 0 Å². The van der Waals surface area contributed by atoms with Crippen LogP contribution < -0.4 is 0 Å². The summed E-state index contributed by atoms with van der Waals surface area (Å²) in [7, 11) is 0. The van der Waals surface area contributed by atoms with Crippen LogP contribution in [0, 0.1) is 10.8 Å². The molecule has 0 aromatic carbocycles. The topological polar surface area (TPSA) is 20.2 Å². The second kappa shape index (κ2) is 2.30. The molecule has 1 nitrogen and oxygen atoms in total. The predicted octanol–water partition coefficient (Wildman–Crippen LogP) is 3.13. The lowest BCUT2D eigenvalue weighted by molar-refractivity contribution is 0.115. The highest BCUT2D eigenvalue weighted by Crippen LogP contribution is 2.41. The van der Waals surface area contributed by atoms with Crippen LogP contribution in [0.15, 0.2) is 12.3 Å². The zero-order valence-corrected chi connectivity index (χ0v) is 7.65. The van der Waals surface area contributed by atoms with E-state index in [-0.39, 0.29) is 16.6 Å². The highest BCUT2D eigenvalue weighted by molar-refractivity contribution is 5.02. The van der Waals surface area contributed by atoms with Crippen LogP contribution in [-0.4, -0.2) is 5.11 Å². The third kappa shape index (κ3) is 1.53. The van der Waals surface area contributed by atoms with Crippen LogP contribution in [0.1, 0.15) is 34.6 Å². The van der Waals surface area contributed by atoms with Crippen molar-refractivity contribution >= 4 is 0 Å². The first-order chi connectivity index (χ1) is 4.19. The lowest BCUT2D eigenvalue weighted by Gasteiger charge is -2.37. The lowest BCUT2D eigenvalue weighted by Crippen LogP contribution is -2.31. The minimum atomic E-state index is -0.201. The fraction of sp³-hybridized carbons (Fsp3) is 0.778. The molecule has 0 saturated carbocycles. The van der Waals surface area contributed by atoms with E-state index in [0.717, 1.165) is 0 Å². The van der Waals surface area contributed by atoms with Gasteiger partial charge in [0.2, 0.25) is 0 Å². The molecule has 0 radical (unpaired) electrons. The smallest absolute Gasteiger partial charge is 0.0912 e. The molecule has 10 heavy (non-hydrogen) atoms. The molecule has 0 aromatic heterocycles. The molecule has 0 atom stereocenters. The van der Waals surface area contributed by atoms with Crippen molar-refractivity contribution in [2.45, 2.75) is 34.6 Å². The van der Waals surface area contributed by atoms with Gasteiger partial charge in [-0.3, -0.25) is 0 Å². The van der Waals surface area contributed by atoms with E-state index in [0.29, 0.717) is 0 Å². The van der Waals surface area contributed by atoms with Crippen molar-refractivity contribution in [3.63, 3.8) is 0 Å². The Kier molecular flexibility index (Phi) is 2.19. The van der Waals surface area contributed by atoms with E-state index in [9.17, 15) is 5.11 Å². The number of aliphatic hydroxyl groups excluding tert-OH is 1. The van der Waals surface area contributed by atoms with Crippen LogP contribution >= 0.6 is 0 Å². The van der Waals surface area contributed by atoms with Crippen molar-refractivity contribution in [1.82, 2.24) is 0 Å².